The van der Waals surface area contributed by atoms with Crippen LogP contribution in [0.3, 0.4) is 0 Å². The summed E-state index contributed by atoms with van der Waals surface area (Å²) in [6.07, 6.45) is 5.33. The van der Waals surface area contributed by atoms with Gasteiger partial charge in [0.05, 0.1) is 6.61 Å². The van der Waals surface area contributed by atoms with Crippen molar-refractivity contribution in [3.63, 3.8) is 0 Å². The van der Waals surface area contributed by atoms with Crippen LogP contribution >= 0.6 is 0 Å². The van der Waals surface area contributed by atoms with Crippen LogP contribution in [0.5, 0.6) is 0 Å². The fourth-order valence-electron chi connectivity index (χ4n) is 1.18. The van der Waals surface area contributed by atoms with E-state index in [1.165, 1.54) is 5.56 Å². The first kappa shape index (κ1) is 14.0. The van der Waals surface area contributed by atoms with E-state index in [4.69, 9.17) is 10.8 Å². The van der Waals surface area contributed by atoms with E-state index in [2.05, 4.69) is 39.8 Å². The van der Waals surface area contributed by atoms with Crippen molar-refractivity contribution in [2.24, 2.45) is 0 Å². The van der Waals surface area contributed by atoms with Gasteiger partial charge >= 0.3 is 0 Å². The maximum atomic E-state index is 6.14. The van der Waals surface area contributed by atoms with Gasteiger partial charge in [-0.25, -0.2) is 0 Å². The van der Waals surface area contributed by atoms with Crippen LogP contribution in [0.4, 0.5) is 0 Å². The molecule has 0 aliphatic rings. The van der Waals surface area contributed by atoms with Crippen LogP contribution in [-0.4, -0.2) is 8.32 Å². The molecular weight excluding hydrogens is 224 g/mol. The molecule has 1 aromatic rings. The first-order valence-corrected chi connectivity index (χ1v) is 8.86. The van der Waals surface area contributed by atoms with Gasteiger partial charge in [0.15, 0.2) is 8.32 Å². The second-order valence-electron chi connectivity index (χ2n) is 5.89. The third kappa shape index (κ3) is 3.73. The molecule has 0 saturated carbocycles. The van der Waals surface area contributed by atoms with Crippen molar-refractivity contribution in [3.05, 3.63) is 35.4 Å². The van der Waals surface area contributed by atoms with Gasteiger partial charge in [-0.05, 0) is 35.8 Å². The maximum Gasteiger partial charge on any atom is 0.192 e. The van der Waals surface area contributed by atoms with E-state index in [0.29, 0.717) is 6.61 Å². The average molecular weight is 246 g/mol. The lowest BCUT2D eigenvalue weighted by atomic mass is 10.1. The third-order valence-electron chi connectivity index (χ3n) is 3.53. The Labute approximate surface area is 106 Å². The molecule has 0 fully saturated rings. The normalized spacial score (nSPS) is 12.2. The van der Waals surface area contributed by atoms with Crippen molar-refractivity contribution < 1.29 is 4.43 Å². The lowest BCUT2D eigenvalue weighted by molar-refractivity contribution is 0.276. The molecule has 0 saturated heterocycles. The highest BCUT2D eigenvalue weighted by molar-refractivity contribution is 6.74. The average Bonchev–Trinajstić information content (AvgIpc) is 2.25. The lowest BCUT2D eigenvalue weighted by Crippen LogP contribution is -2.40. The molecule has 0 radical (unpaired) electrons. The van der Waals surface area contributed by atoms with Crippen molar-refractivity contribution in [2.45, 2.75) is 45.5 Å². The molecule has 1 aromatic carbocycles. The minimum absolute atomic E-state index is 0.256. The highest BCUT2D eigenvalue weighted by Gasteiger charge is 2.36. The minimum Gasteiger partial charge on any atom is -0.413 e. The molecule has 92 valence electrons. The Hall–Kier alpha value is -1.04. The highest BCUT2D eigenvalue weighted by Crippen LogP contribution is 2.37. The van der Waals surface area contributed by atoms with E-state index in [1.807, 2.05) is 24.3 Å². The molecule has 0 unspecified atom stereocenters. The van der Waals surface area contributed by atoms with E-state index in [1.54, 1.807) is 0 Å². The van der Waals surface area contributed by atoms with Crippen molar-refractivity contribution >= 4 is 8.32 Å². The summed E-state index contributed by atoms with van der Waals surface area (Å²) < 4.78 is 6.14. The zero-order valence-corrected chi connectivity index (χ0v) is 12.5. The van der Waals surface area contributed by atoms with Crippen LogP contribution < -0.4 is 0 Å². The predicted molar refractivity (Wildman–Crippen MR) is 76.4 cm³/mol. The summed E-state index contributed by atoms with van der Waals surface area (Å²) in [6.45, 7) is 12.0. The van der Waals surface area contributed by atoms with E-state index in [9.17, 15) is 0 Å². The second-order valence-corrected chi connectivity index (χ2v) is 10.7. The SMILES string of the molecule is C#Cc1ccc(CO[Si](C)(C)C(C)(C)C)cc1. The summed E-state index contributed by atoms with van der Waals surface area (Å²) in [4.78, 5) is 0. The summed E-state index contributed by atoms with van der Waals surface area (Å²) in [7, 11) is -1.65. The van der Waals surface area contributed by atoms with Crippen LogP contribution in [0.25, 0.3) is 0 Å². The van der Waals surface area contributed by atoms with Gasteiger partial charge in [-0.1, -0.05) is 38.8 Å². The van der Waals surface area contributed by atoms with Gasteiger partial charge in [0, 0.05) is 5.56 Å². The molecule has 0 spiro atoms. The van der Waals surface area contributed by atoms with E-state index in [-0.39, 0.29) is 5.04 Å². The highest BCUT2D eigenvalue weighted by atomic mass is 28.4. The molecule has 0 aliphatic carbocycles. The second kappa shape index (κ2) is 5.08. The molecule has 0 N–H and O–H groups in total. The van der Waals surface area contributed by atoms with Gasteiger partial charge < -0.3 is 4.43 Å². The summed E-state index contributed by atoms with van der Waals surface area (Å²) in [5, 5.41) is 0.256. The summed E-state index contributed by atoms with van der Waals surface area (Å²) in [5.41, 5.74) is 2.11. The van der Waals surface area contributed by atoms with E-state index >= 15 is 0 Å². The van der Waals surface area contributed by atoms with Crippen molar-refractivity contribution in [3.8, 4) is 12.3 Å². The van der Waals surface area contributed by atoms with Crippen LogP contribution in [-0.2, 0) is 11.0 Å². The number of terminal acetylenes is 1. The zero-order valence-electron chi connectivity index (χ0n) is 11.5. The fourth-order valence-corrected chi connectivity index (χ4v) is 2.14. The van der Waals surface area contributed by atoms with Gasteiger partial charge in [0.25, 0.3) is 0 Å². The molecule has 0 bridgehead atoms. The molecule has 1 rings (SSSR count). The molecule has 1 nitrogen and oxygen atoms in total. The Morgan fingerprint density at radius 1 is 1.18 bits per heavy atom. The monoisotopic (exact) mass is 246 g/mol. The smallest absolute Gasteiger partial charge is 0.192 e. The van der Waals surface area contributed by atoms with Crippen LogP contribution in [0.15, 0.2) is 24.3 Å². The standard InChI is InChI=1S/C15H22OSi/c1-7-13-8-10-14(11-9-13)12-16-17(5,6)15(2,3)4/h1,8-11H,12H2,2-6H3. The Morgan fingerprint density at radius 2 is 1.71 bits per heavy atom. The molecule has 0 aromatic heterocycles. The molecule has 0 atom stereocenters. The van der Waals surface area contributed by atoms with Gasteiger partial charge in [-0.3, -0.25) is 0 Å². The summed E-state index contributed by atoms with van der Waals surface area (Å²) in [5.74, 6) is 2.62. The molecule has 17 heavy (non-hydrogen) atoms. The van der Waals surface area contributed by atoms with Crippen molar-refractivity contribution in [1.29, 1.82) is 0 Å². The van der Waals surface area contributed by atoms with Gasteiger partial charge in [0.1, 0.15) is 0 Å². The first-order valence-electron chi connectivity index (χ1n) is 5.96. The largest absolute Gasteiger partial charge is 0.413 e. The molecule has 0 heterocycles. The van der Waals surface area contributed by atoms with Crippen LogP contribution in [0.1, 0.15) is 31.9 Å². The van der Waals surface area contributed by atoms with Gasteiger partial charge in [-0.15, -0.1) is 6.42 Å². The topological polar surface area (TPSA) is 9.23 Å². The molecule has 0 amide bonds. The molecule has 2 heteroatoms. The minimum atomic E-state index is -1.65. The number of hydrogen-bond donors (Lipinski definition) is 0. The van der Waals surface area contributed by atoms with Crippen LogP contribution in [0.2, 0.25) is 18.1 Å². The Kier molecular flexibility index (Phi) is 4.19. The summed E-state index contributed by atoms with van der Waals surface area (Å²) >= 11 is 0. The van der Waals surface area contributed by atoms with Crippen molar-refractivity contribution in [1.82, 2.24) is 0 Å². The Balaban J connectivity index is 2.65. The zero-order chi connectivity index (χ0) is 13.1. The van der Waals surface area contributed by atoms with Gasteiger partial charge in [-0.2, -0.15) is 0 Å². The summed E-state index contributed by atoms with van der Waals surface area (Å²) in [6, 6.07) is 8.01. The fraction of sp³-hybridized carbons (Fsp3) is 0.467. The number of hydrogen-bond acceptors (Lipinski definition) is 1. The van der Waals surface area contributed by atoms with E-state index < -0.39 is 8.32 Å². The quantitative estimate of drug-likeness (QED) is 0.574. The van der Waals surface area contributed by atoms with Crippen molar-refractivity contribution in [2.75, 3.05) is 0 Å². The Bertz CT molecular complexity index is 404. The van der Waals surface area contributed by atoms with Gasteiger partial charge in [0.2, 0.25) is 0 Å². The Morgan fingerprint density at radius 3 is 2.12 bits per heavy atom. The molecule has 0 aliphatic heterocycles. The molecular formula is C15H22OSi. The predicted octanol–water partition coefficient (Wildman–Crippen LogP) is 4.19. The lowest BCUT2D eigenvalue weighted by Gasteiger charge is -2.36. The third-order valence-corrected chi connectivity index (χ3v) is 8.00. The number of benzene rings is 1. The maximum absolute atomic E-state index is 6.14. The first-order chi connectivity index (χ1) is 7.76. The van der Waals surface area contributed by atoms with E-state index in [0.717, 1.165) is 5.56 Å². The van der Waals surface area contributed by atoms with Crippen LogP contribution in [0, 0.1) is 12.3 Å². The number of rotatable bonds is 3.